The molecule has 0 fully saturated rings. The molecule has 0 bridgehead atoms. The average molecular weight is 271 g/mol. The van der Waals surface area contributed by atoms with Gasteiger partial charge in [0.2, 0.25) is 5.88 Å². The van der Waals surface area contributed by atoms with Crippen molar-refractivity contribution in [3.05, 3.63) is 48.7 Å². The molecule has 1 aromatic heterocycles. The number of carbonyl (C=O) groups excluding carboxylic acids is 1. The number of esters is 1. The van der Waals surface area contributed by atoms with Crippen LogP contribution in [0.4, 0.5) is 0 Å². The summed E-state index contributed by atoms with van der Waals surface area (Å²) in [5.41, 5.74) is 0. The Morgan fingerprint density at radius 2 is 1.80 bits per heavy atom. The number of hydrogen-bond acceptors (Lipinski definition) is 4. The Kier molecular flexibility index (Phi) is 4.71. The van der Waals surface area contributed by atoms with Crippen LogP contribution in [-0.4, -0.2) is 11.0 Å². The van der Waals surface area contributed by atoms with Gasteiger partial charge in [-0.25, -0.2) is 4.98 Å². The van der Waals surface area contributed by atoms with E-state index in [1.807, 2.05) is 26.0 Å². The topological polar surface area (TPSA) is 48.4 Å². The van der Waals surface area contributed by atoms with E-state index in [-0.39, 0.29) is 11.9 Å². The molecule has 104 valence electrons. The summed E-state index contributed by atoms with van der Waals surface area (Å²) < 4.78 is 10.8. The van der Waals surface area contributed by atoms with Gasteiger partial charge in [0.05, 0.1) is 0 Å². The van der Waals surface area contributed by atoms with Gasteiger partial charge in [0.15, 0.2) is 0 Å². The Hall–Kier alpha value is -2.36. The molecule has 2 aromatic rings. The van der Waals surface area contributed by atoms with E-state index in [2.05, 4.69) is 4.98 Å². The number of pyridine rings is 1. The number of carbonyl (C=O) groups is 1. The van der Waals surface area contributed by atoms with Crippen LogP contribution < -0.4 is 9.47 Å². The molecule has 1 heterocycles. The van der Waals surface area contributed by atoms with E-state index in [4.69, 9.17) is 9.47 Å². The fourth-order valence-electron chi connectivity index (χ4n) is 1.61. The smallest absolute Gasteiger partial charge is 0.311 e. The van der Waals surface area contributed by atoms with Crippen LogP contribution in [0.25, 0.3) is 0 Å². The first-order chi connectivity index (χ1) is 9.63. The van der Waals surface area contributed by atoms with Gasteiger partial charge >= 0.3 is 5.97 Å². The van der Waals surface area contributed by atoms with Crippen molar-refractivity contribution in [1.29, 1.82) is 0 Å². The number of benzene rings is 1. The number of nitrogens with zero attached hydrogens (tertiary/aromatic N) is 1. The van der Waals surface area contributed by atoms with Crippen molar-refractivity contribution in [3.63, 3.8) is 0 Å². The quantitative estimate of drug-likeness (QED) is 0.612. The van der Waals surface area contributed by atoms with Gasteiger partial charge in [-0.2, -0.15) is 0 Å². The van der Waals surface area contributed by atoms with E-state index in [9.17, 15) is 4.79 Å². The lowest BCUT2D eigenvalue weighted by Gasteiger charge is -2.07. The van der Waals surface area contributed by atoms with Crippen LogP contribution in [0.5, 0.6) is 17.4 Å². The van der Waals surface area contributed by atoms with Crippen LogP contribution in [0.15, 0.2) is 48.7 Å². The lowest BCUT2D eigenvalue weighted by atomic mass is 10.1. The van der Waals surface area contributed by atoms with Gasteiger partial charge in [0.1, 0.15) is 11.5 Å². The van der Waals surface area contributed by atoms with E-state index in [1.165, 1.54) is 0 Å². The van der Waals surface area contributed by atoms with Crippen molar-refractivity contribution in [2.75, 3.05) is 0 Å². The molecule has 2 rings (SSSR count). The van der Waals surface area contributed by atoms with Crippen molar-refractivity contribution >= 4 is 5.97 Å². The minimum atomic E-state index is -0.224. The molecule has 4 heteroatoms. The summed E-state index contributed by atoms with van der Waals surface area (Å²) in [5.74, 6) is 1.75. The van der Waals surface area contributed by atoms with E-state index >= 15 is 0 Å². The zero-order chi connectivity index (χ0) is 14.4. The van der Waals surface area contributed by atoms with E-state index in [0.29, 0.717) is 23.8 Å². The molecule has 0 amide bonds. The minimum Gasteiger partial charge on any atom is -0.439 e. The van der Waals surface area contributed by atoms with E-state index in [0.717, 1.165) is 0 Å². The van der Waals surface area contributed by atoms with Gasteiger partial charge in [-0.15, -0.1) is 0 Å². The second-order valence-corrected chi connectivity index (χ2v) is 4.81. The van der Waals surface area contributed by atoms with E-state index < -0.39 is 0 Å². The highest BCUT2D eigenvalue weighted by atomic mass is 16.5. The molecule has 0 atom stereocenters. The predicted molar refractivity (Wildman–Crippen MR) is 75.8 cm³/mol. The Balaban J connectivity index is 1.94. The first kappa shape index (κ1) is 14.1. The van der Waals surface area contributed by atoms with Crippen LogP contribution in [0.2, 0.25) is 0 Å². The maximum absolute atomic E-state index is 11.5. The van der Waals surface area contributed by atoms with Crippen molar-refractivity contribution in [2.45, 2.75) is 20.3 Å². The molecule has 0 saturated heterocycles. The molecule has 1 aromatic carbocycles. The van der Waals surface area contributed by atoms with Gasteiger partial charge in [-0.1, -0.05) is 19.9 Å². The van der Waals surface area contributed by atoms with Gasteiger partial charge in [-0.3, -0.25) is 4.79 Å². The second kappa shape index (κ2) is 6.70. The van der Waals surface area contributed by atoms with Crippen molar-refractivity contribution in [2.24, 2.45) is 5.92 Å². The molecule has 0 spiro atoms. The molecule has 0 unspecified atom stereocenters. The molecular weight excluding hydrogens is 254 g/mol. The summed E-state index contributed by atoms with van der Waals surface area (Å²) in [6, 6.07) is 12.3. The second-order valence-electron chi connectivity index (χ2n) is 4.81. The molecule has 0 aliphatic heterocycles. The number of hydrogen-bond donors (Lipinski definition) is 0. The Labute approximate surface area is 118 Å². The highest BCUT2D eigenvalue weighted by Gasteiger charge is 2.07. The maximum Gasteiger partial charge on any atom is 0.311 e. The fraction of sp³-hybridized carbons (Fsp3) is 0.250. The molecule has 0 saturated carbocycles. The molecule has 0 N–H and O–H groups in total. The first-order valence-corrected chi connectivity index (χ1v) is 6.53. The SMILES string of the molecule is CC(C)CC(=O)Oc1ccc(Oc2ccccn2)cc1. The van der Waals surface area contributed by atoms with Gasteiger partial charge in [0, 0.05) is 18.7 Å². The highest BCUT2D eigenvalue weighted by Crippen LogP contribution is 2.22. The summed E-state index contributed by atoms with van der Waals surface area (Å²) in [4.78, 5) is 15.6. The van der Waals surface area contributed by atoms with Crippen molar-refractivity contribution < 1.29 is 14.3 Å². The minimum absolute atomic E-state index is 0.224. The maximum atomic E-state index is 11.5. The van der Waals surface area contributed by atoms with Crippen LogP contribution in [-0.2, 0) is 4.79 Å². The molecule has 0 aliphatic rings. The third kappa shape index (κ3) is 4.39. The monoisotopic (exact) mass is 271 g/mol. The predicted octanol–water partition coefficient (Wildman–Crippen LogP) is 3.83. The summed E-state index contributed by atoms with van der Waals surface area (Å²) in [6.45, 7) is 3.95. The Bertz CT molecular complexity index is 550. The fourth-order valence-corrected chi connectivity index (χ4v) is 1.61. The Morgan fingerprint density at radius 1 is 1.10 bits per heavy atom. The van der Waals surface area contributed by atoms with Crippen LogP contribution in [0.1, 0.15) is 20.3 Å². The van der Waals surface area contributed by atoms with Gasteiger partial charge < -0.3 is 9.47 Å². The lowest BCUT2D eigenvalue weighted by molar-refractivity contribution is -0.135. The number of aromatic nitrogens is 1. The zero-order valence-corrected chi connectivity index (χ0v) is 11.6. The van der Waals surface area contributed by atoms with Crippen molar-refractivity contribution in [1.82, 2.24) is 4.98 Å². The Morgan fingerprint density at radius 3 is 2.40 bits per heavy atom. The zero-order valence-electron chi connectivity index (χ0n) is 11.6. The third-order valence-corrected chi connectivity index (χ3v) is 2.49. The summed E-state index contributed by atoms with van der Waals surface area (Å²) in [6.07, 6.45) is 2.07. The standard InChI is InChI=1S/C16H17NO3/c1-12(2)11-16(18)20-14-8-6-13(7-9-14)19-15-5-3-4-10-17-15/h3-10,12H,11H2,1-2H3. The number of ether oxygens (including phenoxy) is 2. The molecule has 4 nitrogen and oxygen atoms in total. The summed E-state index contributed by atoms with van der Waals surface area (Å²) in [5, 5.41) is 0. The average Bonchev–Trinajstić information content (AvgIpc) is 2.41. The largest absolute Gasteiger partial charge is 0.439 e. The van der Waals surface area contributed by atoms with Crippen LogP contribution >= 0.6 is 0 Å². The molecule has 20 heavy (non-hydrogen) atoms. The third-order valence-electron chi connectivity index (χ3n) is 2.49. The molecule has 0 radical (unpaired) electrons. The van der Waals surface area contributed by atoms with Crippen LogP contribution in [0, 0.1) is 5.92 Å². The molecular formula is C16H17NO3. The van der Waals surface area contributed by atoms with Crippen molar-refractivity contribution in [3.8, 4) is 17.4 Å². The van der Waals surface area contributed by atoms with Crippen LogP contribution in [0.3, 0.4) is 0 Å². The van der Waals surface area contributed by atoms with Gasteiger partial charge in [-0.05, 0) is 36.2 Å². The lowest BCUT2D eigenvalue weighted by Crippen LogP contribution is -2.10. The van der Waals surface area contributed by atoms with Gasteiger partial charge in [0.25, 0.3) is 0 Å². The highest BCUT2D eigenvalue weighted by molar-refractivity contribution is 5.72. The molecule has 0 aliphatic carbocycles. The summed E-state index contributed by atoms with van der Waals surface area (Å²) in [7, 11) is 0. The first-order valence-electron chi connectivity index (χ1n) is 6.53. The van der Waals surface area contributed by atoms with E-state index in [1.54, 1.807) is 36.5 Å². The normalized spacial score (nSPS) is 10.3. The number of rotatable bonds is 5. The summed E-state index contributed by atoms with van der Waals surface area (Å²) >= 11 is 0.